The summed E-state index contributed by atoms with van der Waals surface area (Å²) >= 11 is 0. The van der Waals surface area contributed by atoms with Gasteiger partial charge >= 0.3 is 0 Å². The number of fused-ring (bicyclic) bond motifs is 3. The van der Waals surface area contributed by atoms with Crippen LogP contribution in [0.15, 0.2) is 41.4 Å². The lowest BCUT2D eigenvalue weighted by Crippen LogP contribution is -2.34. The van der Waals surface area contributed by atoms with E-state index in [0.29, 0.717) is 12.4 Å². The van der Waals surface area contributed by atoms with Crippen molar-refractivity contribution in [2.45, 2.75) is 44.2 Å². The highest BCUT2D eigenvalue weighted by molar-refractivity contribution is 6.15. The molecule has 0 spiro atoms. The summed E-state index contributed by atoms with van der Waals surface area (Å²) in [5, 5.41) is 10.2. The van der Waals surface area contributed by atoms with Crippen molar-refractivity contribution >= 4 is 11.4 Å². The summed E-state index contributed by atoms with van der Waals surface area (Å²) in [6.07, 6.45) is 2.12. The number of nitrogens with zero attached hydrogens (tertiary/aromatic N) is 1. The number of anilines is 1. The predicted molar refractivity (Wildman–Crippen MR) is 107 cm³/mol. The van der Waals surface area contributed by atoms with Crippen molar-refractivity contribution in [2.24, 2.45) is 4.99 Å². The van der Waals surface area contributed by atoms with Gasteiger partial charge in [0, 0.05) is 22.7 Å². The Hall–Kier alpha value is -2.53. The van der Waals surface area contributed by atoms with Gasteiger partial charge in [-0.1, -0.05) is 12.1 Å². The molecule has 5 nitrogen and oxygen atoms in total. The first-order valence-electron chi connectivity index (χ1n) is 9.57. The third-order valence-electron chi connectivity index (χ3n) is 5.53. The fourth-order valence-corrected chi connectivity index (χ4v) is 4.29. The molecule has 2 aromatic rings. The average Bonchev–Trinajstić information content (AvgIpc) is 2.67. The largest absolute Gasteiger partial charge is 0.493 e. The molecule has 1 heterocycles. The summed E-state index contributed by atoms with van der Waals surface area (Å²) in [6.45, 7) is 2.54. The second-order valence-corrected chi connectivity index (χ2v) is 7.27. The van der Waals surface area contributed by atoms with E-state index in [1.54, 1.807) is 7.11 Å². The molecule has 0 radical (unpaired) electrons. The fourth-order valence-electron chi connectivity index (χ4n) is 4.29. The van der Waals surface area contributed by atoms with Gasteiger partial charge < -0.3 is 20.3 Å². The minimum Gasteiger partial charge on any atom is -0.493 e. The number of nitrogen functional groups attached to an aromatic ring is 1. The maximum absolute atomic E-state index is 10.2. The van der Waals surface area contributed by atoms with Gasteiger partial charge in [-0.05, 0) is 56.0 Å². The van der Waals surface area contributed by atoms with E-state index in [2.05, 4.69) is 6.07 Å². The van der Waals surface area contributed by atoms with Crippen LogP contribution in [0.4, 0.5) is 5.69 Å². The molecule has 27 heavy (non-hydrogen) atoms. The smallest absolute Gasteiger partial charge is 0.161 e. The molecule has 0 aromatic heterocycles. The maximum Gasteiger partial charge on any atom is 0.161 e. The number of rotatable bonds is 4. The van der Waals surface area contributed by atoms with Gasteiger partial charge in [0.2, 0.25) is 0 Å². The zero-order valence-corrected chi connectivity index (χ0v) is 15.8. The maximum atomic E-state index is 10.2. The molecule has 0 saturated heterocycles. The highest BCUT2D eigenvalue weighted by atomic mass is 16.5. The Morgan fingerprint density at radius 1 is 1.19 bits per heavy atom. The molecule has 1 saturated carbocycles. The first kappa shape index (κ1) is 17.9. The van der Waals surface area contributed by atoms with Crippen LogP contribution in [0, 0.1) is 0 Å². The lowest BCUT2D eigenvalue weighted by Gasteiger charge is -2.37. The molecule has 4 rings (SSSR count). The fraction of sp³-hybridized carbons (Fsp3) is 0.409. The van der Waals surface area contributed by atoms with Crippen molar-refractivity contribution in [3.05, 3.63) is 53.1 Å². The van der Waals surface area contributed by atoms with Crippen molar-refractivity contribution < 1.29 is 14.6 Å². The van der Waals surface area contributed by atoms with Crippen molar-refractivity contribution in [1.82, 2.24) is 0 Å². The van der Waals surface area contributed by atoms with Crippen LogP contribution in [-0.4, -0.2) is 36.7 Å². The Balaban J connectivity index is 1.89. The number of ether oxygens (including phenoxy) is 2. The van der Waals surface area contributed by atoms with E-state index in [9.17, 15) is 5.11 Å². The van der Waals surface area contributed by atoms with E-state index in [0.717, 1.165) is 47.5 Å². The summed E-state index contributed by atoms with van der Waals surface area (Å²) in [5.74, 6) is 1.63. The first-order chi connectivity index (χ1) is 13.1. The van der Waals surface area contributed by atoms with Crippen molar-refractivity contribution in [3.8, 4) is 11.5 Å². The molecule has 1 aliphatic carbocycles. The summed E-state index contributed by atoms with van der Waals surface area (Å²) in [7, 11) is 1.65. The first-order valence-corrected chi connectivity index (χ1v) is 9.57. The molecular formula is C22H26N2O3. The van der Waals surface area contributed by atoms with Crippen LogP contribution in [0.1, 0.15) is 48.8 Å². The number of methoxy groups -OCH3 is 1. The van der Waals surface area contributed by atoms with E-state index < -0.39 is 0 Å². The summed E-state index contributed by atoms with van der Waals surface area (Å²) in [6, 6.07) is 12.1. The normalized spacial score (nSPS) is 23.8. The highest BCUT2D eigenvalue weighted by Crippen LogP contribution is 2.45. The number of aliphatic hydroxyl groups excluding tert-OH is 1. The second kappa shape index (κ2) is 7.24. The molecule has 3 atom stereocenters. The monoisotopic (exact) mass is 366 g/mol. The molecule has 1 aliphatic heterocycles. The SMILES string of the molecule is CCOc1cc2c(cc1OC)C(c1cccc(N)c1)=NC1CCC(O)CC21. The summed E-state index contributed by atoms with van der Waals surface area (Å²) in [5.41, 5.74) is 10.9. The van der Waals surface area contributed by atoms with Gasteiger partial charge in [0.1, 0.15) is 0 Å². The Kier molecular flexibility index (Phi) is 4.79. The van der Waals surface area contributed by atoms with Gasteiger partial charge in [-0.25, -0.2) is 0 Å². The van der Waals surface area contributed by atoms with Crippen LogP contribution in [0.5, 0.6) is 11.5 Å². The molecule has 2 aliphatic rings. The van der Waals surface area contributed by atoms with Gasteiger partial charge in [-0.15, -0.1) is 0 Å². The molecule has 3 unspecified atom stereocenters. The van der Waals surface area contributed by atoms with Gasteiger partial charge in [0.05, 0.1) is 31.6 Å². The third-order valence-corrected chi connectivity index (χ3v) is 5.53. The minimum atomic E-state index is -0.277. The second-order valence-electron chi connectivity index (χ2n) is 7.27. The van der Waals surface area contributed by atoms with Crippen LogP contribution in [0.2, 0.25) is 0 Å². The van der Waals surface area contributed by atoms with E-state index in [1.807, 2.05) is 37.3 Å². The van der Waals surface area contributed by atoms with Crippen molar-refractivity contribution in [2.75, 3.05) is 19.5 Å². The van der Waals surface area contributed by atoms with Crippen molar-refractivity contribution in [3.63, 3.8) is 0 Å². The molecule has 0 amide bonds. The zero-order valence-electron chi connectivity index (χ0n) is 15.8. The van der Waals surface area contributed by atoms with Gasteiger partial charge in [0.15, 0.2) is 11.5 Å². The van der Waals surface area contributed by atoms with E-state index >= 15 is 0 Å². The molecule has 5 heteroatoms. The summed E-state index contributed by atoms with van der Waals surface area (Å²) < 4.78 is 11.4. The van der Waals surface area contributed by atoms with Gasteiger partial charge in [0.25, 0.3) is 0 Å². The molecular weight excluding hydrogens is 340 g/mol. The number of nitrogens with two attached hydrogens (primary N) is 1. The van der Waals surface area contributed by atoms with Crippen LogP contribution in [0.25, 0.3) is 0 Å². The molecule has 142 valence electrons. The molecule has 0 bridgehead atoms. The lowest BCUT2D eigenvalue weighted by molar-refractivity contribution is 0.111. The van der Waals surface area contributed by atoms with Crippen LogP contribution < -0.4 is 15.2 Å². The molecule has 1 fully saturated rings. The van der Waals surface area contributed by atoms with Gasteiger partial charge in [-0.2, -0.15) is 0 Å². The number of hydrogen-bond donors (Lipinski definition) is 2. The Labute approximate surface area is 159 Å². The highest BCUT2D eigenvalue weighted by Gasteiger charge is 2.37. The number of aliphatic imine (C=N–C) groups is 1. The Morgan fingerprint density at radius 2 is 2.04 bits per heavy atom. The van der Waals surface area contributed by atoms with E-state index in [4.69, 9.17) is 20.2 Å². The third kappa shape index (κ3) is 3.28. The Morgan fingerprint density at radius 3 is 2.78 bits per heavy atom. The topological polar surface area (TPSA) is 77.1 Å². The van der Waals surface area contributed by atoms with Crippen molar-refractivity contribution in [1.29, 1.82) is 0 Å². The standard InChI is InChI=1S/C22H26N2O3/c1-3-27-21-11-16-17-10-15(25)7-8-19(17)24-22(18(16)12-20(21)26-2)13-5-4-6-14(23)9-13/h4-6,9,11-12,15,17,19,25H,3,7-8,10,23H2,1-2H3. The molecule has 2 aromatic carbocycles. The number of benzene rings is 2. The average molecular weight is 366 g/mol. The quantitative estimate of drug-likeness (QED) is 0.812. The Bertz CT molecular complexity index is 878. The zero-order chi connectivity index (χ0) is 19.0. The van der Waals surface area contributed by atoms with E-state index in [-0.39, 0.29) is 18.1 Å². The van der Waals surface area contributed by atoms with Gasteiger partial charge in [-0.3, -0.25) is 4.99 Å². The lowest BCUT2D eigenvalue weighted by atomic mass is 9.74. The predicted octanol–water partition coefficient (Wildman–Crippen LogP) is 3.52. The molecule has 3 N–H and O–H groups in total. The van der Waals surface area contributed by atoms with Crippen LogP contribution in [-0.2, 0) is 0 Å². The number of hydrogen-bond acceptors (Lipinski definition) is 5. The number of aliphatic hydroxyl groups is 1. The summed E-state index contributed by atoms with van der Waals surface area (Å²) in [4.78, 5) is 5.10. The van der Waals surface area contributed by atoms with Crippen LogP contribution in [0.3, 0.4) is 0 Å². The van der Waals surface area contributed by atoms with Crippen LogP contribution >= 0.6 is 0 Å². The minimum absolute atomic E-state index is 0.167. The van der Waals surface area contributed by atoms with E-state index in [1.165, 1.54) is 5.56 Å².